The molecule has 6 heteroatoms. The largest absolute Gasteiger partial charge is 0.384 e. The summed E-state index contributed by atoms with van der Waals surface area (Å²) < 4.78 is 1.34. The first-order chi connectivity index (χ1) is 9.22. The van der Waals surface area contributed by atoms with Gasteiger partial charge in [-0.15, -0.1) is 0 Å². The molecule has 2 aromatic heterocycles. The fraction of sp³-hybridized carbons (Fsp3) is 0.231. The predicted octanol–water partition coefficient (Wildman–Crippen LogP) is 0.990. The van der Waals surface area contributed by atoms with E-state index in [0.29, 0.717) is 17.9 Å². The second-order valence-electron chi connectivity index (χ2n) is 3.93. The van der Waals surface area contributed by atoms with Crippen LogP contribution in [0.2, 0.25) is 0 Å². The van der Waals surface area contributed by atoms with Crippen molar-refractivity contribution in [2.24, 2.45) is 0 Å². The van der Waals surface area contributed by atoms with E-state index >= 15 is 0 Å². The van der Waals surface area contributed by atoms with Crippen molar-refractivity contribution in [1.29, 1.82) is 5.26 Å². The molecule has 2 aromatic rings. The van der Waals surface area contributed by atoms with Crippen LogP contribution < -0.4 is 10.9 Å². The van der Waals surface area contributed by atoms with E-state index in [0.717, 1.165) is 12.1 Å². The molecule has 0 radical (unpaired) electrons. The van der Waals surface area contributed by atoms with Crippen molar-refractivity contribution < 1.29 is 0 Å². The van der Waals surface area contributed by atoms with E-state index in [1.54, 1.807) is 24.5 Å². The molecule has 6 nitrogen and oxygen atoms in total. The molecule has 0 saturated heterocycles. The van der Waals surface area contributed by atoms with Crippen LogP contribution in [0.5, 0.6) is 0 Å². The lowest BCUT2D eigenvalue weighted by molar-refractivity contribution is 0.639. The standard InChI is InChI=1S/C13H13N5O/c1-2-15-12-6-13(19)18(17-8-12)9-10-3-4-16-11(5-10)7-14/h3-6,8,15H,2,9H2,1H3. The molecular weight excluding hydrogens is 242 g/mol. The summed E-state index contributed by atoms with van der Waals surface area (Å²) in [4.78, 5) is 15.7. The Morgan fingerprint density at radius 2 is 2.32 bits per heavy atom. The first-order valence-electron chi connectivity index (χ1n) is 5.89. The number of pyridine rings is 1. The van der Waals surface area contributed by atoms with E-state index in [-0.39, 0.29) is 5.56 Å². The van der Waals surface area contributed by atoms with Crippen LogP contribution in [0.3, 0.4) is 0 Å². The zero-order valence-corrected chi connectivity index (χ0v) is 10.5. The second-order valence-corrected chi connectivity index (χ2v) is 3.93. The molecule has 0 saturated carbocycles. The Balaban J connectivity index is 2.24. The molecule has 0 aliphatic carbocycles. The van der Waals surface area contributed by atoms with Gasteiger partial charge in [0, 0.05) is 18.8 Å². The van der Waals surface area contributed by atoms with E-state index in [4.69, 9.17) is 5.26 Å². The fourth-order valence-corrected chi connectivity index (χ4v) is 1.66. The van der Waals surface area contributed by atoms with Crippen LogP contribution >= 0.6 is 0 Å². The quantitative estimate of drug-likeness (QED) is 0.880. The number of aromatic nitrogens is 3. The maximum atomic E-state index is 11.9. The number of hydrogen-bond donors (Lipinski definition) is 1. The minimum Gasteiger partial charge on any atom is -0.384 e. The zero-order valence-electron chi connectivity index (χ0n) is 10.5. The summed E-state index contributed by atoms with van der Waals surface area (Å²) in [5, 5.41) is 15.9. The summed E-state index contributed by atoms with van der Waals surface area (Å²) in [5.41, 5.74) is 1.66. The van der Waals surface area contributed by atoms with Crippen molar-refractivity contribution in [3.05, 3.63) is 52.2 Å². The molecule has 0 aliphatic rings. The molecule has 0 amide bonds. The van der Waals surface area contributed by atoms with Crippen LogP contribution in [0.1, 0.15) is 18.2 Å². The summed E-state index contributed by atoms with van der Waals surface area (Å²) in [6.07, 6.45) is 3.16. The molecule has 0 aromatic carbocycles. The lowest BCUT2D eigenvalue weighted by Gasteiger charge is -2.06. The average Bonchev–Trinajstić information content (AvgIpc) is 2.42. The van der Waals surface area contributed by atoms with Gasteiger partial charge in [0.25, 0.3) is 5.56 Å². The predicted molar refractivity (Wildman–Crippen MR) is 70.7 cm³/mol. The number of hydrogen-bond acceptors (Lipinski definition) is 5. The minimum absolute atomic E-state index is 0.186. The van der Waals surface area contributed by atoms with Crippen LogP contribution in [-0.2, 0) is 6.54 Å². The van der Waals surface area contributed by atoms with Crippen molar-refractivity contribution in [2.75, 3.05) is 11.9 Å². The maximum absolute atomic E-state index is 11.9. The number of nitrogens with zero attached hydrogens (tertiary/aromatic N) is 4. The third-order valence-corrected chi connectivity index (χ3v) is 2.52. The zero-order chi connectivity index (χ0) is 13.7. The van der Waals surface area contributed by atoms with Crippen LogP contribution in [0.15, 0.2) is 35.4 Å². The molecule has 19 heavy (non-hydrogen) atoms. The summed E-state index contributed by atoms with van der Waals surface area (Å²) in [5.74, 6) is 0. The Labute approximate surface area is 110 Å². The topological polar surface area (TPSA) is 83.6 Å². The first-order valence-corrected chi connectivity index (χ1v) is 5.89. The number of nitriles is 1. The molecular formula is C13H13N5O. The number of rotatable bonds is 4. The molecule has 0 atom stereocenters. The van der Waals surface area contributed by atoms with Gasteiger partial charge in [-0.25, -0.2) is 9.67 Å². The van der Waals surface area contributed by atoms with E-state index < -0.39 is 0 Å². The van der Waals surface area contributed by atoms with E-state index in [9.17, 15) is 4.79 Å². The monoisotopic (exact) mass is 255 g/mol. The van der Waals surface area contributed by atoms with Crippen molar-refractivity contribution in [3.63, 3.8) is 0 Å². The highest BCUT2D eigenvalue weighted by Gasteiger charge is 2.02. The molecule has 0 unspecified atom stereocenters. The Morgan fingerprint density at radius 1 is 1.47 bits per heavy atom. The van der Waals surface area contributed by atoms with Gasteiger partial charge in [-0.1, -0.05) is 0 Å². The smallest absolute Gasteiger partial charge is 0.269 e. The summed E-state index contributed by atoms with van der Waals surface area (Å²) in [6, 6.07) is 6.87. The fourth-order valence-electron chi connectivity index (χ4n) is 1.66. The summed E-state index contributed by atoms with van der Waals surface area (Å²) >= 11 is 0. The Hall–Kier alpha value is -2.68. The Kier molecular flexibility index (Phi) is 3.88. The summed E-state index contributed by atoms with van der Waals surface area (Å²) in [7, 11) is 0. The average molecular weight is 255 g/mol. The van der Waals surface area contributed by atoms with Gasteiger partial charge in [0.1, 0.15) is 11.8 Å². The van der Waals surface area contributed by atoms with Gasteiger partial charge in [0.15, 0.2) is 0 Å². The van der Waals surface area contributed by atoms with Gasteiger partial charge in [0.05, 0.1) is 18.4 Å². The Bertz CT molecular complexity index is 671. The highest BCUT2D eigenvalue weighted by Crippen LogP contribution is 2.03. The van der Waals surface area contributed by atoms with Crippen LogP contribution in [-0.4, -0.2) is 21.3 Å². The highest BCUT2D eigenvalue weighted by atomic mass is 16.1. The molecule has 2 heterocycles. The van der Waals surface area contributed by atoms with Crippen molar-refractivity contribution >= 4 is 5.69 Å². The minimum atomic E-state index is -0.186. The number of nitrogens with one attached hydrogen (secondary N) is 1. The number of anilines is 1. The lowest BCUT2D eigenvalue weighted by atomic mass is 10.2. The Morgan fingerprint density at radius 3 is 3.00 bits per heavy atom. The maximum Gasteiger partial charge on any atom is 0.269 e. The first kappa shape index (κ1) is 12.8. The third-order valence-electron chi connectivity index (χ3n) is 2.52. The molecule has 2 rings (SSSR count). The van der Waals surface area contributed by atoms with Gasteiger partial charge < -0.3 is 5.32 Å². The molecule has 1 N–H and O–H groups in total. The van der Waals surface area contributed by atoms with E-state index in [2.05, 4.69) is 15.4 Å². The van der Waals surface area contributed by atoms with Gasteiger partial charge in [-0.3, -0.25) is 4.79 Å². The van der Waals surface area contributed by atoms with Crippen molar-refractivity contribution in [2.45, 2.75) is 13.5 Å². The third kappa shape index (κ3) is 3.16. The van der Waals surface area contributed by atoms with E-state index in [1.165, 1.54) is 10.7 Å². The van der Waals surface area contributed by atoms with E-state index in [1.807, 2.05) is 13.0 Å². The lowest BCUT2D eigenvalue weighted by Crippen LogP contribution is -2.23. The molecule has 0 aliphatic heterocycles. The van der Waals surface area contributed by atoms with Crippen LogP contribution in [0.4, 0.5) is 5.69 Å². The van der Waals surface area contributed by atoms with Crippen molar-refractivity contribution in [3.8, 4) is 6.07 Å². The molecule has 0 spiro atoms. The SMILES string of the molecule is CCNc1cnn(Cc2ccnc(C#N)c2)c(=O)c1. The molecule has 96 valence electrons. The molecule has 0 fully saturated rings. The highest BCUT2D eigenvalue weighted by molar-refractivity contribution is 5.38. The molecule has 0 bridgehead atoms. The van der Waals surface area contributed by atoms with Gasteiger partial charge in [0.2, 0.25) is 0 Å². The van der Waals surface area contributed by atoms with Gasteiger partial charge in [-0.2, -0.15) is 10.4 Å². The van der Waals surface area contributed by atoms with Crippen LogP contribution in [0.25, 0.3) is 0 Å². The summed E-state index contributed by atoms with van der Waals surface area (Å²) in [6.45, 7) is 3.01. The van der Waals surface area contributed by atoms with Gasteiger partial charge in [-0.05, 0) is 24.6 Å². The second kappa shape index (κ2) is 5.78. The van der Waals surface area contributed by atoms with Gasteiger partial charge >= 0.3 is 0 Å². The van der Waals surface area contributed by atoms with Crippen molar-refractivity contribution in [1.82, 2.24) is 14.8 Å². The normalized spacial score (nSPS) is 9.89. The van der Waals surface area contributed by atoms with Crippen LogP contribution in [0, 0.1) is 11.3 Å².